The van der Waals surface area contributed by atoms with Gasteiger partial charge in [0.2, 0.25) is 0 Å². The van der Waals surface area contributed by atoms with E-state index in [9.17, 15) is 0 Å². The van der Waals surface area contributed by atoms with Gasteiger partial charge in [0.05, 0.1) is 12.3 Å². The van der Waals surface area contributed by atoms with E-state index in [1.807, 2.05) is 31.1 Å². The zero-order chi connectivity index (χ0) is 10.6. The molecule has 1 aromatic rings. The van der Waals surface area contributed by atoms with Gasteiger partial charge in [-0.05, 0) is 26.2 Å². The Morgan fingerprint density at radius 1 is 1.38 bits per heavy atom. The second-order valence-electron chi connectivity index (χ2n) is 3.26. The molecular formula is C9H17Cl2N3OS. The lowest BCUT2D eigenvalue weighted by Gasteiger charge is -2.05. The van der Waals surface area contributed by atoms with Crippen molar-refractivity contribution in [2.75, 3.05) is 14.1 Å². The molecule has 4 nitrogen and oxygen atoms in total. The summed E-state index contributed by atoms with van der Waals surface area (Å²) in [5.74, 6) is 2.43. The van der Waals surface area contributed by atoms with Crippen molar-refractivity contribution in [1.82, 2.24) is 4.90 Å². The molecule has 0 saturated heterocycles. The summed E-state index contributed by atoms with van der Waals surface area (Å²) in [5, 5.41) is 7.18. The average molecular weight is 286 g/mol. The molecule has 0 unspecified atom stereocenters. The molecule has 7 heteroatoms. The SMILES string of the molecule is CN(C)Cc1ccc(CSC(=N)N)o1.Cl.Cl. The van der Waals surface area contributed by atoms with Crippen molar-refractivity contribution in [3.8, 4) is 0 Å². The molecular weight excluding hydrogens is 269 g/mol. The van der Waals surface area contributed by atoms with Gasteiger partial charge >= 0.3 is 0 Å². The van der Waals surface area contributed by atoms with Crippen LogP contribution in [0.2, 0.25) is 0 Å². The molecule has 0 fully saturated rings. The Morgan fingerprint density at radius 3 is 2.44 bits per heavy atom. The van der Waals surface area contributed by atoms with Gasteiger partial charge in [0.25, 0.3) is 0 Å². The molecule has 0 radical (unpaired) electrons. The summed E-state index contributed by atoms with van der Waals surface area (Å²) in [7, 11) is 3.99. The van der Waals surface area contributed by atoms with E-state index in [2.05, 4.69) is 0 Å². The zero-order valence-corrected chi connectivity index (χ0v) is 11.7. The second kappa shape index (κ2) is 8.75. The van der Waals surface area contributed by atoms with Crippen LogP contribution in [0.15, 0.2) is 16.5 Å². The van der Waals surface area contributed by atoms with E-state index in [1.165, 1.54) is 11.8 Å². The molecule has 16 heavy (non-hydrogen) atoms. The maximum absolute atomic E-state index is 7.05. The van der Waals surface area contributed by atoms with Crippen LogP contribution in [0.4, 0.5) is 0 Å². The van der Waals surface area contributed by atoms with Crippen LogP contribution in [-0.4, -0.2) is 24.2 Å². The highest BCUT2D eigenvalue weighted by molar-refractivity contribution is 8.13. The monoisotopic (exact) mass is 285 g/mol. The largest absolute Gasteiger partial charge is 0.464 e. The molecule has 1 rings (SSSR count). The van der Waals surface area contributed by atoms with Crippen LogP contribution >= 0.6 is 36.6 Å². The fourth-order valence-corrected chi connectivity index (χ4v) is 1.50. The first-order valence-corrected chi connectivity index (χ1v) is 5.25. The van der Waals surface area contributed by atoms with E-state index < -0.39 is 0 Å². The Morgan fingerprint density at radius 2 is 1.94 bits per heavy atom. The molecule has 0 aliphatic carbocycles. The van der Waals surface area contributed by atoms with Crippen LogP contribution in [0.1, 0.15) is 11.5 Å². The highest BCUT2D eigenvalue weighted by atomic mass is 35.5. The number of thioether (sulfide) groups is 1. The smallest absolute Gasteiger partial charge is 0.151 e. The van der Waals surface area contributed by atoms with Gasteiger partial charge in [0.15, 0.2) is 5.17 Å². The van der Waals surface area contributed by atoms with Crippen molar-refractivity contribution in [3.05, 3.63) is 23.7 Å². The lowest BCUT2D eigenvalue weighted by molar-refractivity contribution is 0.344. The van der Waals surface area contributed by atoms with Crippen LogP contribution in [0.5, 0.6) is 0 Å². The molecule has 0 amide bonds. The maximum atomic E-state index is 7.05. The standard InChI is InChI=1S/C9H15N3OS.2ClH/c1-12(2)5-7-3-4-8(13-7)6-14-9(10)11;;/h3-4H,5-6H2,1-2H3,(H3,10,11);2*1H. The minimum absolute atomic E-state index is 0. The number of furan rings is 1. The highest BCUT2D eigenvalue weighted by Gasteiger charge is 2.03. The molecule has 94 valence electrons. The number of nitrogens with two attached hydrogens (primary N) is 1. The number of hydrogen-bond donors (Lipinski definition) is 2. The minimum atomic E-state index is 0. The normalized spacial score (nSPS) is 9.44. The third kappa shape index (κ3) is 7.00. The van der Waals surface area contributed by atoms with Gasteiger partial charge in [0, 0.05) is 0 Å². The Labute approximate surface area is 112 Å². The van der Waals surface area contributed by atoms with Gasteiger partial charge in [0.1, 0.15) is 11.5 Å². The first-order chi connectivity index (χ1) is 6.58. The number of halogens is 2. The summed E-state index contributed by atoms with van der Waals surface area (Å²) >= 11 is 1.27. The van der Waals surface area contributed by atoms with E-state index in [4.69, 9.17) is 15.6 Å². The topological polar surface area (TPSA) is 66.2 Å². The minimum Gasteiger partial charge on any atom is -0.464 e. The van der Waals surface area contributed by atoms with Crippen LogP contribution in [0, 0.1) is 5.41 Å². The number of rotatable bonds is 4. The van der Waals surface area contributed by atoms with Gasteiger partial charge < -0.3 is 15.1 Å². The molecule has 3 N–H and O–H groups in total. The lowest BCUT2D eigenvalue weighted by atomic mass is 10.4. The Hall–Kier alpha value is -0.360. The van der Waals surface area contributed by atoms with Gasteiger partial charge in [-0.25, -0.2) is 0 Å². The summed E-state index contributed by atoms with van der Waals surface area (Å²) in [4.78, 5) is 2.04. The van der Waals surface area contributed by atoms with Crippen molar-refractivity contribution in [1.29, 1.82) is 5.41 Å². The zero-order valence-electron chi connectivity index (χ0n) is 9.23. The third-order valence-corrected chi connectivity index (χ3v) is 2.30. The van der Waals surface area contributed by atoms with E-state index in [0.717, 1.165) is 18.1 Å². The molecule has 0 spiro atoms. The average Bonchev–Trinajstić information content (AvgIpc) is 2.47. The number of nitrogens with zero attached hydrogens (tertiary/aromatic N) is 1. The molecule has 0 atom stereocenters. The van der Waals surface area contributed by atoms with Crippen LogP contribution in [-0.2, 0) is 12.3 Å². The highest BCUT2D eigenvalue weighted by Crippen LogP contribution is 2.15. The Kier molecular flexibility index (Phi) is 9.86. The van der Waals surface area contributed by atoms with Crippen molar-refractivity contribution in [3.63, 3.8) is 0 Å². The fourth-order valence-electron chi connectivity index (χ4n) is 1.05. The third-order valence-electron chi connectivity index (χ3n) is 1.56. The number of amidine groups is 1. The fraction of sp³-hybridized carbons (Fsp3) is 0.444. The first-order valence-electron chi connectivity index (χ1n) is 4.27. The summed E-state index contributed by atoms with van der Waals surface area (Å²) in [5.41, 5.74) is 5.22. The molecule has 0 aromatic carbocycles. The summed E-state index contributed by atoms with van der Waals surface area (Å²) in [6, 6.07) is 3.88. The van der Waals surface area contributed by atoms with Gasteiger partial charge in [-0.2, -0.15) is 0 Å². The predicted molar refractivity (Wildman–Crippen MR) is 73.8 cm³/mol. The van der Waals surface area contributed by atoms with Crippen LogP contribution in [0.25, 0.3) is 0 Å². The summed E-state index contributed by atoms with van der Waals surface area (Å²) < 4.78 is 5.53. The second-order valence-corrected chi connectivity index (χ2v) is 4.28. The predicted octanol–water partition coefficient (Wildman–Crippen LogP) is 2.31. The van der Waals surface area contributed by atoms with E-state index in [1.54, 1.807) is 0 Å². The summed E-state index contributed by atoms with van der Waals surface area (Å²) in [6.07, 6.45) is 0. The van der Waals surface area contributed by atoms with Gasteiger partial charge in [-0.3, -0.25) is 5.41 Å². The van der Waals surface area contributed by atoms with E-state index in [0.29, 0.717) is 5.75 Å². The number of nitrogens with one attached hydrogen (secondary N) is 1. The Bertz CT molecular complexity index is 317. The van der Waals surface area contributed by atoms with Gasteiger partial charge in [-0.15, -0.1) is 24.8 Å². The summed E-state index contributed by atoms with van der Waals surface area (Å²) in [6.45, 7) is 0.796. The first kappa shape index (κ1) is 18.0. The van der Waals surface area contributed by atoms with Crippen LogP contribution in [0.3, 0.4) is 0 Å². The maximum Gasteiger partial charge on any atom is 0.151 e. The van der Waals surface area contributed by atoms with Crippen molar-refractivity contribution >= 4 is 41.7 Å². The van der Waals surface area contributed by atoms with Crippen molar-refractivity contribution < 1.29 is 4.42 Å². The van der Waals surface area contributed by atoms with Crippen molar-refractivity contribution in [2.24, 2.45) is 5.73 Å². The quantitative estimate of drug-likeness (QED) is 0.658. The van der Waals surface area contributed by atoms with Gasteiger partial charge in [-0.1, -0.05) is 11.8 Å². The van der Waals surface area contributed by atoms with Crippen molar-refractivity contribution in [2.45, 2.75) is 12.3 Å². The molecule has 0 aliphatic rings. The van der Waals surface area contributed by atoms with Crippen LogP contribution < -0.4 is 5.73 Å². The molecule has 1 heterocycles. The molecule has 0 saturated carbocycles. The molecule has 0 aliphatic heterocycles. The molecule has 1 aromatic heterocycles. The van der Waals surface area contributed by atoms with E-state index in [-0.39, 0.29) is 30.0 Å². The lowest BCUT2D eigenvalue weighted by Crippen LogP contribution is -2.09. The number of hydrogen-bond acceptors (Lipinski definition) is 4. The molecule has 0 bridgehead atoms. The Balaban J connectivity index is 0. The van der Waals surface area contributed by atoms with E-state index >= 15 is 0 Å².